The fourth-order valence-electron chi connectivity index (χ4n) is 5.99. The van der Waals surface area contributed by atoms with Crippen LogP contribution in [0.4, 0.5) is 0 Å². The predicted octanol–water partition coefficient (Wildman–Crippen LogP) is 11.0. The highest BCUT2D eigenvalue weighted by atomic mass is 16.5. The Balaban J connectivity index is 1.30. The van der Waals surface area contributed by atoms with E-state index in [-0.39, 0.29) is 0 Å². The Hall–Kier alpha value is -5.40. The quantitative estimate of drug-likeness (QED) is 0.0823. The van der Waals surface area contributed by atoms with Gasteiger partial charge >= 0.3 is 0 Å². The molecule has 0 aliphatic carbocycles. The zero-order chi connectivity index (χ0) is 36.8. The topological polar surface area (TPSA) is 79.2 Å². The lowest BCUT2D eigenvalue weighted by atomic mass is 10.0. The fraction of sp³-hybridized carbons (Fsp3) is 0.304. The number of unbranched alkanes of at least 4 members (excludes halogenated alkanes) is 2. The number of hydrogen-bond donors (Lipinski definition) is 0. The largest absolute Gasteiger partial charge is 0.494 e. The van der Waals surface area contributed by atoms with Crippen molar-refractivity contribution < 1.29 is 14.2 Å². The number of aromatic nitrogens is 4. The molecule has 0 saturated heterocycles. The van der Waals surface area contributed by atoms with E-state index >= 15 is 0 Å². The van der Waals surface area contributed by atoms with E-state index < -0.39 is 12.2 Å². The van der Waals surface area contributed by atoms with Gasteiger partial charge in [0.15, 0.2) is 0 Å². The van der Waals surface area contributed by atoms with Gasteiger partial charge in [0.05, 0.1) is 60.8 Å². The molecule has 2 aromatic heterocycles. The molecule has 0 fully saturated rings. The number of nitrogens with zero attached hydrogens (tertiary/aromatic N) is 4. The van der Waals surface area contributed by atoms with Crippen LogP contribution < -0.4 is 9.47 Å². The zero-order valence-corrected chi connectivity index (χ0v) is 31.4. The molecule has 2 unspecified atom stereocenters. The molecule has 0 spiro atoms. The second kappa shape index (κ2) is 18.9. The molecule has 53 heavy (non-hydrogen) atoms. The predicted molar refractivity (Wildman–Crippen MR) is 212 cm³/mol. The monoisotopic (exact) mass is 706 g/mol. The first-order chi connectivity index (χ1) is 26.1. The summed E-state index contributed by atoms with van der Waals surface area (Å²) in [5.74, 6) is 1.71. The SMILES string of the molecule is CCCCOc1ccc(-c2cnc(C(OC(c3ccc(CC)cc3)c3cnc(-c4ccc(OCCCC)cc4)cn3)c3ccc(CC)cc3)cn2)cc1. The fourth-order valence-corrected chi connectivity index (χ4v) is 5.99. The van der Waals surface area contributed by atoms with Crippen LogP contribution in [0, 0.1) is 0 Å². The van der Waals surface area contributed by atoms with E-state index in [2.05, 4.69) is 76.2 Å². The normalized spacial score (nSPS) is 12.3. The minimum Gasteiger partial charge on any atom is -0.494 e. The summed E-state index contributed by atoms with van der Waals surface area (Å²) in [7, 11) is 0. The molecule has 2 heterocycles. The first kappa shape index (κ1) is 37.4. The van der Waals surface area contributed by atoms with Crippen molar-refractivity contribution in [3.8, 4) is 34.0 Å². The van der Waals surface area contributed by atoms with Crippen molar-refractivity contribution in [3.63, 3.8) is 0 Å². The molecule has 0 bridgehead atoms. The van der Waals surface area contributed by atoms with Gasteiger partial charge in [-0.25, -0.2) is 0 Å². The van der Waals surface area contributed by atoms with E-state index in [1.165, 1.54) is 11.1 Å². The van der Waals surface area contributed by atoms with Crippen LogP contribution in [0.3, 0.4) is 0 Å². The molecular weight excluding hydrogens is 657 g/mol. The Morgan fingerprint density at radius 3 is 1.17 bits per heavy atom. The highest BCUT2D eigenvalue weighted by molar-refractivity contribution is 5.60. The average molecular weight is 707 g/mol. The molecule has 7 nitrogen and oxygen atoms in total. The van der Waals surface area contributed by atoms with Gasteiger partial charge in [-0.3, -0.25) is 19.9 Å². The summed E-state index contributed by atoms with van der Waals surface area (Å²) in [6, 6.07) is 33.1. The Morgan fingerprint density at radius 1 is 0.453 bits per heavy atom. The van der Waals surface area contributed by atoms with Crippen molar-refractivity contribution in [2.24, 2.45) is 0 Å². The summed E-state index contributed by atoms with van der Waals surface area (Å²) in [5.41, 5.74) is 9.40. The van der Waals surface area contributed by atoms with Gasteiger partial charge in [-0.2, -0.15) is 0 Å². The molecule has 0 saturated carbocycles. The highest BCUT2D eigenvalue weighted by Crippen LogP contribution is 2.36. The molecule has 7 heteroatoms. The van der Waals surface area contributed by atoms with Crippen LogP contribution in [0.15, 0.2) is 122 Å². The molecule has 0 aliphatic rings. The van der Waals surface area contributed by atoms with Crippen LogP contribution in [-0.4, -0.2) is 33.1 Å². The smallest absolute Gasteiger partial charge is 0.127 e. The minimum absolute atomic E-state index is 0.519. The van der Waals surface area contributed by atoms with Crippen LogP contribution in [0.25, 0.3) is 22.5 Å². The Labute approximate surface area is 314 Å². The van der Waals surface area contributed by atoms with Crippen LogP contribution in [0.2, 0.25) is 0 Å². The van der Waals surface area contributed by atoms with Gasteiger partial charge in [0.2, 0.25) is 0 Å². The maximum absolute atomic E-state index is 7.12. The minimum atomic E-state index is -0.519. The number of hydrogen-bond acceptors (Lipinski definition) is 7. The van der Waals surface area contributed by atoms with E-state index in [1.54, 1.807) is 0 Å². The lowest BCUT2D eigenvalue weighted by molar-refractivity contribution is 0.0258. The summed E-state index contributed by atoms with van der Waals surface area (Å²) in [6.07, 6.45) is 12.4. The third kappa shape index (κ3) is 9.93. The van der Waals surface area contributed by atoms with Crippen LogP contribution in [-0.2, 0) is 17.6 Å². The van der Waals surface area contributed by atoms with Gasteiger partial charge < -0.3 is 14.2 Å². The third-order valence-corrected chi connectivity index (χ3v) is 9.37. The summed E-state index contributed by atoms with van der Waals surface area (Å²) in [6.45, 7) is 10.1. The number of ether oxygens (including phenoxy) is 3. The Morgan fingerprint density at radius 2 is 0.849 bits per heavy atom. The molecule has 4 aromatic carbocycles. The lowest BCUT2D eigenvalue weighted by Crippen LogP contribution is -2.16. The third-order valence-electron chi connectivity index (χ3n) is 9.37. The zero-order valence-electron chi connectivity index (χ0n) is 31.4. The van der Waals surface area contributed by atoms with E-state index in [0.717, 1.165) is 83.7 Å². The molecule has 0 radical (unpaired) electrons. The first-order valence-electron chi connectivity index (χ1n) is 19.0. The molecule has 0 N–H and O–H groups in total. The maximum Gasteiger partial charge on any atom is 0.127 e. The summed E-state index contributed by atoms with van der Waals surface area (Å²) >= 11 is 0. The van der Waals surface area contributed by atoms with Crippen molar-refractivity contribution in [1.82, 2.24) is 19.9 Å². The molecule has 0 amide bonds. The second-order valence-electron chi connectivity index (χ2n) is 13.2. The lowest BCUT2D eigenvalue weighted by Gasteiger charge is -2.25. The highest BCUT2D eigenvalue weighted by Gasteiger charge is 2.26. The van der Waals surface area contributed by atoms with Gasteiger partial charge in [0.25, 0.3) is 0 Å². The van der Waals surface area contributed by atoms with Gasteiger partial charge in [-0.05, 0) is 96.5 Å². The summed E-state index contributed by atoms with van der Waals surface area (Å²) in [4.78, 5) is 19.6. The van der Waals surface area contributed by atoms with Gasteiger partial charge in [0.1, 0.15) is 23.7 Å². The van der Waals surface area contributed by atoms with Crippen LogP contribution in [0.5, 0.6) is 11.5 Å². The molecule has 6 rings (SSSR count). The first-order valence-corrected chi connectivity index (χ1v) is 19.0. The van der Waals surface area contributed by atoms with E-state index in [9.17, 15) is 0 Å². The molecule has 272 valence electrons. The van der Waals surface area contributed by atoms with Gasteiger partial charge in [-0.15, -0.1) is 0 Å². The van der Waals surface area contributed by atoms with Gasteiger partial charge in [0, 0.05) is 11.1 Å². The van der Waals surface area contributed by atoms with Gasteiger partial charge in [-0.1, -0.05) is 89.1 Å². The number of benzene rings is 4. The van der Waals surface area contributed by atoms with Crippen molar-refractivity contribution >= 4 is 0 Å². The molecule has 2 atom stereocenters. The van der Waals surface area contributed by atoms with E-state index in [4.69, 9.17) is 34.1 Å². The maximum atomic E-state index is 7.12. The van der Waals surface area contributed by atoms with Crippen molar-refractivity contribution in [3.05, 3.63) is 155 Å². The van der Waals surface area contributed by atoms with Crippen molar-refractivity contribution in [2.45, 2.75) is 78.4 Å². The van der Waals surface area contributed by atoms with E-state index in [0.29, 0.717) is 24.6 Å². The summed E-state index contributed by atoms with van der Waals surface area (Å²) < 4.78 is 18.8. The molecule has 0 aliphatic heterocycles. The second-order valence-corrected chi connectivity index (χ2v) is 13.2. The number of rotatable bonds is 18. The standard InChI is InChI=1S/C46H50N4O3/c1-5-9-27-51-39-23-19-35(20-24-39)41-29-49-43(31-47-41)45(37-15-11-33(7-3)12-16-37)53-46(38-17-13-34(8-4)14-18-38)44-32-48-42(30-50-44)36-21-25-40(26-22-36)52-28-10-6-2/h11-26,29-32,45-46H,5-10,27-28H2,1-4H3. The average Bonchev–Trinajstić information content (AvgIpc) is 3.22. The number of aryl methyl sites for hydroxylation is 2. The Kier molecular flexibility index (Phi) is 13.3. The Bertz CT molecular complexity index is 1820. The molecular formula is C46H50N4O3. The van der Waals surface area contributed by atoms with Crippen LogP contribution in [0.1, 0.15) is 99.2 Å². The van der Waals surface area contributed by atoms with Crippen molar-refractivity contribution in [2.75, 3.05) is 13.2 Å². The summed E-state index contributed by atoms with van der Waals surface area (Å²) in [5, 5.41) is 0. The molecule has 6 aromatic rings. The van der Waals surface area contributed by atoms with E-state index in [1.807, 2.05) is 73.3 Å². The van der Waals surface area contributed by atoms with Crippen LogP contribution >= 0.6 is 0 Å². The van der Waals surface area contributed by atoms with Crippen molar-refractivity contribution in [1.29, 1.82) is 0 Å².